The van der Waals surface area contributed by atoms with Crippen LogP contribution in [0.2, 0.25) is 0 Å². The molecule has 24 heavy (non-hydrogen) atoms. The second-order valence-corrected chi connectivity index (χ2v) is 5.49. The van der Waals surface area contributed by atoms with Gasteiger partial charge in [0.2, 0.25) is 0 Å². The average molecular weight is 439 g/mol. The summed E-state index contributed by atoms with van der Waals surface area (Å²) in [6.45, 7) is 5.87. The van der Waals surface area contributed by atoms with Crippen LogP contribution in [0.15, 0.2) is 59.6 Å². The summed E-state index contributed by atoms with van der Waals surface area (Å²) in [5.41, 5.74) is 3.25. The van der Waals surface area contributed by atoms with Crippen molar-refractivity contribution in [1.29, 1.82) is 0 Å². The van der Waals surface area contributed by atoms with Gasteiger partial charge >= 0.3 is 0 Å². The molecule has 0 aromatic heterocycles. The van der Waals surface area contributed by atoms with E-state index in [1.165, 1.54) is 5.56 Å². The third kappa shape index (κ3) is 6.88. The molecule has 1 unspecified atom stereocenters. The van der Waals surface area contributed by atoms with Gasteiger partial charge in [0, 0.05) is 13.1 Å². The molecule has 0 saturated carbocycles. The largest absolute Gasteiger partial charge is 0.387 e. The minimum Gasteiger partial charge on any atom is -0.387 e. The lowest BCUT2D eigenvalue weighted by atomic mass is 10.1. The van der Waals surface area contributed by atoms with Gasteiger partial charge < -0.3 is 15.7 Å². The normalized spacial score (nSPS) is 12.2. The average Bonchev–Trinajstić information content (AvgIpc) is 2.58. The van der Waals surface area contributed by atoms with Crippen molar-refractivity contribution in [2.45, 2.75) is 26.5 Å². The lowest BCUT2D eigenvalue weighted by Gasteiger charge is -2.15. The molecule has 0 aliphatic heterocycles. The predicted octanol–water partition coefficient (Wildman–Crippen LogP) is 3.40. The number of aliphatic imine (C=N–C) groups is 1. The quantitative estimate of drug-likeness (QED) is 0.368. The minimum atomic E-state index is -0.559. The van der Waals surface area contributed by atoms with E-state index in [0.717, 1.165) is 17.7 Å². The number of nitrogens with one attached hydrogen (secondary N) is 2. The van der Waals surface area contributed by atoms with E-state index in [1.807, 2.05) is 68.4 Å². The summed E-state index contributed by atoms with van der Waals surface area (Å²) in [4.78, 5) is 4.55. The van der Waals surface area contributed by atoms with Crippen molar-refractivity contribution in [3.63, 3.8) is 0 Å². The number of benzene rings is 2. The number of nitrogens with zero attached hydrogens (tertiary/aromatic N) is 1. The Morgan fingerprint density at radius 1 is 1.04 bits per heavy atom. The minimum absolute atomic E-state index is 0. The van der Waals surface area contributed by atoms with Crippen LogP contribution >= 0.6 is 24.0 Å². The number of aryl methyl sites for hydroxylation is 1. The molecule has 2 rings (SSSR count). The summed E-state index contributed by atoms with van der Waals surface area (Å²) in [5, 5.41) is 16.7. The summed E-state index contributed by atoms with van der Waals surface area (Å²) < 4.78 is 0. The Bertz CT molecular complexity index is 614. The van der Waals surface area contributed by atoms with Crippen molar-refractivity contribution in [3.05, 3.63) is 71.3 Å². The molecule has 0 amide bonds. The van der Waals surface area contributed by atoms with Gasteiger partial charge in [-0.05, 0) is 25.0 Å². The van der Waals surface area contributed by atoms with Crippen molar-refractivity contribution >= 4 is 29.9 Å². The van der Waals surface area contributed by atoms with Crippen LogP contribution in [0.3, 0.4) is 0 Å². The lowest BCUT2D eigenvalue weighted by molar-refractivity contribution is 0.181. The van der Waals surface area contributed by atoms with Crippen LogP contribution < -0.4 is 10.6 Å². The molecule has 0 aliphatic rings. The van der Waals surface area contributed by atoms with E-state index in [9.17, 15) is 5.11 Å². The Labute approximate surface area is 161 Å². The molecule has 0 fully saturated rings. The highest BCUT2D eigenvalue weighted by atomic mass is 127. The molecule has 1 atom stereocenters. The third-order valence-corrected chi connectivity index (χ3v) is 3.53. The number of guanidine groups is 1. The highest BCUT2D eigenvalue weighted by Gasteiger charge is 2.08. The summed E-state index contributed by atoms with van der Waals surface area (Å²) in [7, 11) is 0. The van der Waals surface area contributed by atoms with Gasteiger partial charge in [0.05, 0.1) is 12.6 Å². The second-order valence-electron chi connectivity index (χ2n) is 5.49. The van der Waals surface area contributed by atoms with Crippen molar-refractivity contribution in [3.8, 4) is 0 Å². The monoisotopic (exact) mass is 439 g/mol. The maximum absolute atomic E-state index is 10.3. The van der Waals surface area contributed by atoms with E-state index in [1.54, 1.807) is 0 Å². The van der Waals surface area contributed by atoms with Crippen LogP contribution in [0.1, 0.15) is 29.7 Å². The Kier molecular flexibility index (Phi) is 9.41. The van der Waals surface area contributed by atoms with E-state index in [4.69, 9.17) is 0 Å². The van der Waals surface area contributed by atoms with Crippen molar-refractivity contribution in [2.24, 2.45) is 4.99 Å². The number of aliphatic hydroxyl groups is 1. The molecule has 2 aromatic carbocycles. The zero-order chi connectivity index (χ0) is 16.5. The van der Waals surface area contributed by atoms with Crippen molar-refractivity contribution in [2.75, 3.05) is 13.1 Å². The molecule has 0 saturated heterocycles. The zero-order valence-electron chi connectivity index (χ0n) is 14.2. The molecular weight excluding hydrogens is 413 g/mol. The number of aliphatic hydroxyl groups excluding tert-OH is 1. The van der Waals surface area contributed by atoms with E-state index in [2.05, 4.69) is 15.6 Å². The molecule has 0 radical (unpaired) electrons. The Morgan fingerprint density at radius 2 is 1.71 bits per heavy atom. The lowest BCUT2D eigenvalue weighted by Crippen LogP contribution is -2.39. The van der Waals surface area contributed by atoms with Crippen LogP contribution in [0, 0.1) is 6.92 Å². The first-order chi connectivity index (χ1) is 11.2. The highest BCUT2D eigenvalue weighted by molar-refractivity contribution is 14.0. The summed E-state index contributed by atoms with van der Waals surface area (Å²) in [6, 6.07) is 18.0. The topological polar surface area (TPSA) is 56.7 Å². The molecular formula is C19H26IN3O. The van der Waals surface area contributed by atoms with Crippen molar-refractivity contribution in [1.82, 2.24) is 10.6 Å². The van der Waals surface area contributed by atoms with Gasteiger partial charge in [0.25, 0.3) is 0 Å². The summed E-state index contributed by atoms with van der Waals surface area (Å²) in [6.07, 6.45) is -0.559. The number of rotatable bonds is 6. The van der Waals surface area contributed by atoms with Gasteiger partial charge in [-0.15, -0.1) is 24.0 Å². The first-order valence-electron chi connectivity index (χ1n) is 7.99. The first kappa shape index (κ1) is 20.4. The fourth-order valence-corrected chi connectivity index (χ4v) is 2.20. The Morgan fingerprint density at radius 3 is 2.33 bits per heavy atom. The molecule has 2 aromatic rings. The van der Waals surface area contributed by atoms with E-state index in [-0.39, 0.29) is 24.0 Å². The molecule has 0 aliphatic carbocycles. The molecule has 0 heterocycles. The van der Waals surface area contributed by atoms with E-state index in [0.29, 0.717) is 19.0 Å². The molecule has 0 bridgehead atoms. The van der Waals surface area contributed by atoms with Crippen LogP contribution in [0.5, 0.6) is 0 Å². The van der Waals surface area contributed by atoms with Gasteiger partial charge in [-0.3, -0.25) is 0 Å². The highest BCUT2D eigenvalue weighted by Crippen LogP contribution is 2.12. The van der Waals surface area contributed by atoms with Crippen LogP contribution in [0.25, 0.3) is 0 Å². The Hall–Kier alpha value is -1.60. The summed E-state index contributed by atoms with van der Waals surface area (Å²) >= 11 is 0. The molecule has 3 N–H and O–H groups in total. The smallest absolute Gasteiger partial charge is 0.191 e. The molecule has 0 spiro atoms. The second kappa shape index (κ2) is 11.0. The van der Waals surface area contributed by atoms with Gasteiger partial charge in [0.1, 0.15) is 0 Å². The SMILES string of the molecule is CCNC(=NCc1ccccc1)NCC(O)c1ccc(C)cc1.I. The van der Waals surface area contributed by atoms with Gasteiger partial charge in [0.15, 0.2) is 5.96 Å². The maximum Gasteiger partial charge on any atom is 0.191 e. The Balaban J connectivity index is 0.00000288. The van der Waals surface area contributed by atoms with Crippen LogP contribution in [-0.2, 0) is 6.54 Å². The number of hydrogen-bond donors (Lipinski definition) is 3. The van der Waals surface area contributed by atoms with Crippen LogP contribution in [0.4, 0.5) is 0 Å². The maximum atomic E-state index is 10.3. The third-order valence-electron chi connectivity index (χ3n) is 3.53. The van der Waals surface area contributed by atoms with E-state index < -0.39 is 6.10 Å². The van der Waals surface area contributed by atoms with Gasteiger partial charge in [-0.1, -0.05) is 60.2 Å². The van der Waals surface area contributed by atoms with Crippen molar-refractivity contribution < 1.29 is 5.11 Å². The predicted molar refractivity (Wildman–Crippen MR) is 111 cm³/mol. The number of halogens is 1. The number of hydrogen-bond acceptors (Lipinski definition) is 2. The van der Waals surface area contributed by atoms with Gasteiger partial charge in [-0.25, -0.2) is 4.99 Å². The first-order valence-corrected chi connectivity index (χ1v) is 7.99. The molecule has 130 valence electrons. The van der Waals surface area contributed by atoms with E-state index >= 15 is 0 Å². The fourth-order valence-electron chi connectivity index (χ4n) is 2.20. The van der Waals surface area contributed by atoms with Gasteiger partial charge in [-0.2, -0.15) is 0 Å². The van der Waals surface area contributed by atoms with Crippen LogP contribution in [-0.4, -0.2) is 24.2 Å². The fraction of sp³-hybridized carbons (Fsp3) is 0.316. The standard InChI is InChI=1S/C19H25N3O.HI/c1-3-20-19(21-13-16-7-5-4-6-8-16)22-14-18(23)17-11-9-15(2)10-12-17;/h4-12,18,23H,3,13-14H2,1-2H3,(H2,20,21,22);1H. The zero-order valence-corrected chi connectivity index (χ0v) is 16.5. The summed E-state index contributed by atoms with van der Waals surface area (Å²) in [5.74, 6) is 0.711. The molecule has 4 nitrogen and oxygen atoms in total. The molecule has 5 heteroatoms.